The van der Waals surface area contributed by atoms with Gasteiger partial charge in [0.25, 0.3) is 0 Å². The third kappa shape index (κ3) is 3.21. The summed E-state index contributed by atoms with van der Waals surface area (Å²) in [6.45, 7) is 0. The lowest BCUT2D eigenvalue weighted by Crippen LogP contribution is -2.15. The molecule has 0 aliphatic carbocycles. The van der Waals surface area contributed by atoms with E-state index in [9.17, 15) is 21.6 Å². The van der Waals surface area contributed by atoms with Crippen LogP contribution >= 0.6 is 15.9 Å². The number of hydrogen-bond acceptors (Lipinski definition) is 2. The second kappa shape index (κ2) is 4.37. The van der Waals surface area contributed by atoms with E-state index in [4.69, 9.17) is 0 Å². The summed E-state index contributed by atoms with van der Waals surface area (Å²) in [5.74, 6) is 0. The second-order valence-electron chi connectivity index (χ2n) is 3.25. The summed E-state index contributed by atoms with van der Waals surface area (Å²) in [6, 6.07) is 4.60. The maximum atomic E-state index is 12.3. The number of hydrogen-bond donors (Lipinski definition) is 0. The molecule has 0 N–H and O–H groups in total. The number of benzene rings is 1. The smallest absolute Gasteiger partial charge is 0.224 e. The van der Waals surface area contributed by atoms with Crippen molar-refractivity contribution in [2.75, 3.05) is 6.26 Å². The summed E-state index contributed by atoms with van der Waals surface area (Å²) in [5, 5.41) is 0. The molecule has 0 aliphatic heterocycles. The Morgan fingerprint density at radius 1 is 1.19 bits per heavy atom. The van der Waals surface area contributed by atoms with Crippen molar-refractivity contribution >= 4 is 25.8 Å². The van der Waals surface area contributed by atoms with Crippen LogP contribution in [0.25, 0.3) is 0 Å². The van der Waals surface area contributed by atoms with Crippen molar-refractivity contribution in [2.45, 2.75) is 15.9 Å². The average molecular weight is 317 g/mol. The van der Waals surface area contributed by atoms with E-state index < -0.39 is 20.8 Å². The predicted octanol–water partition coefficient (Wildman–Crippen LogP) is 3.09. The fraction of sp³-hybridized carbons (Fsp3) is 0.333. The minimum atomic E-state index is -4.40. The van der Waals surface area contributed by atoms with Gasteiger partial charge in [0.15, 0.2) is 9.84 Å². The molecule has 0 spiro atoms. The molecule has 0 amide bonds. The molecule has 1 aromatic carbocycles. The highest BCUT2D eigenvalue weighted by molar-refractivity contribution is 9.09. The molecule has 0 heterocycles. The maximum absolute atomic E-state index is 12.3. The number of halogens is 4. The topological polar surface area (TPSA) is 34.1 Å². The van der Waals surface area contributed by atoms with Crippen LogP contribution in [0.2, 0.25) is 0 Å². The van der Waals surface area contributed by atoms with Gasteiger partial charge in [0.2, 0.25) is 0 Å². The SMILES string of the molecule is CS(=O)(=O)c1ccc(C(Br)C(F)(F)F)cc1. The highest BCUT2D eigenvalue weighted by Gasteiger charge is 2.38. The van der Waals surface area contributed by atoms with Gasteiger partial charge in [-0.3, -0.25) is 0 Å². The summed E-state index contributed by atoms with van der Waals surface area (Å²) in [4.78, 5) is -1.79. The summed E-state index contributed by atoms with van der Waals surface area (Å²) in [5.41, 5.74) is -0.0279. The molecular formula is C9H8BrF3O2S. The van der Waals surface area contributed by atoms with Gasteiger partial charge >= 0.3 is 6.18 Å². The minimum absolute atomic E-state index is 0.00174. The highest BCUT2D eigenvalue weighted by Crippen LogP contribution is 2.39. The standard InChI is InChI=1S/C9H8BrF3O2S/c1-16(14,15)7-4-2-6(3-5-7)8(10)9(11,12)13/h2-5,8H,1H3. The lowest BCUT2D eigenvalue weighted by atomic mass is 10.1. The van der Waals surface area contributed by atoms with Crippen molar-refractivity contribution in [1.82, 2.24) is 0 Å². The minimum Gasteiger partial charge on any atom is -0.224 e. The number of sulfone groups is 1. The van der Waals surface area contributed by atoms with Crippen molar-refractivity contribution in [3.63, 3.8) is 0 Å². The Bertz CT molecular complexity index is 465. The highest BCUT2D eigenvalue weighted by atomic mass is 79.9. The Kier molecular flexibility index (Phi) is 3.69. The molecular weight excluding hydrogens is 309 g/mol. The van der Waals surface area contributed by atoms with Crippen LogP contribution in [0, 0.1) is 0 Å². The predicted molar refractivity (Wildman–Crippen MR) is 57.3 cm³/mol. The Morgan fingerprint density at radius 2 is 1.62 bits per heavy atom. The summed E-state index contributed by atoms with van der Waals surface area (Å²) in [6.07, 6.45) is -3.40. The third-order valence-corrected chi connectivity index (χ3v) is 4.06. The van der Waals surface area contributed by atoms with Gasteiger partial charge in [-0.25, -0.2) is 8.42 Å². The quantitative estimate of drug-likeness (QED) is 0.786. The molecule has 1 aromatic rings. The Morgan fingerprint density at radius 3 is 1.94 bits per heavy atom. The van der Waals surface area contributed by atoms with Gasteiger partial charge in [0.05, 0.1) is 4.90 Å². The molecule has 0 radical (unpaired) electrons. The van der Waals surface area contributed by atoms with E-state index in [1.54, 1.807) is 0 Å². The first-order chi connectivity index (χ1) is 7.12. The molecule has 2 nitrogen and oxygen atoms in total. The van der Waals surface area contributed by atoms with Crippen LogP contribution in [0.15, 0.2) is 29.2 Å². The van der Waals surface area contributed by atoms with E-state index in [-0.39, 0.29) is 10.5 Å². The number of alkyl halides is 4. The van der Waals surface area contributed by atoms with Crippen molar-refractivity contribution in [2.24, 2.45) is 0 Å². The zero-order chi connectivity index (χ0) is 12.6. The van der Waals surface area contributed by atoms with Gasteiger partial charge in [-0.2, -0.15) is 13.2 Å². The van der Waals surface area contributed by atoms with Gasteiger partial charge in [0.1, 0.15) is 4.83 Å². The Hall–Kier alpha value is -0.560. The van der Waals surface area contributed by atoms with Crippen LogP contribution in [0.5, 0.6) is 0 Å². The normalized spacial score (nSPS) is 14.8. The lowest BCUT2D eigenvalue weighted by Gasteiger charge is -2.14. The maximum Gasteiger partial charge on any atom is 0.405 e. The molecule has 0 saturated carbocycles. The third-order valence-electron chi connectivity index (χ3n) is 1.89. The van der Waals surface area contributed by atoms with Crippen molar-refractivity contribution in [3.8, 4) is 0 Å². The molecule has 0 saturated heterocycles. The van der Waals surface area contributed by atoms with Crippen molar-refractivity contribution in [3.05, 3.63) is 29.8 Å². The summed E-state index contributed by atoms with van der Waals surface area (Å²) in [7, 11) is -3.38. The average Bonchev–Trinajstić information content (AvgIpc) is 2.14. The van der Waals surface area contributed by atoms with Crippen LogP contribution in [-0.2, 0) is 9.84 Å². The van der Waals surface area contributed by atoms with Crippen LogP contribution in [0.1, 0.15) is 10.4 Å². The molecule has 1 atom stereocenters. The largest absolute Gasteiger partial charge is 0.405 e. The van der Waals surface area contributed by atoms with Crippen LogP contribution in [-0.4, -0.2) is 20.8 Å². The first kappa shape index (κ1) is 13.5. The van der Waals surface area contributed by atoms with Crippen LogP contribution < -0.4 is 0 Å². The zero-order valence-corrected chi connectivity index (χ0v) is 10.5. The fourth-order valence-corrected chi connectivity index (χ4v) is 2.01. The molecule has 1 unspecified atom stereocenters. The molecule has 90 valence electrons. The molecule has 0 fully saturated rings. The van der Waals surface area contributed by atoms with Gasteiger partial charge in [-0.1, -0.05) is 28.1 Å². The molecule has 1 rings (SSSR count). The van der Waals surface area contributed by atoms with E-state index in [0.29, 0.717) is 0 Å². The van der Waals surface area contributed by atoms with Crippen LogP contribution in [0.3, 0.4) is 0 Å². The Labute approximate surface area is 99.5 Å². The van der Waals surface area contributed by atoms with Crippen molar-refractivity contribution in [1.29, 1.82) is 0 Å². The zero-order valence-electron chi connectivity index (χ0n) is 8.12. The molecule has 7 heteroatoms. The first-order valence-electron chi connectivity index (χ1n) is 4.13. The van der Waals surface area contributed by atoms with Gasteiger partial charge in [-0.15, -0.1) is 0 Å². The lowest BCUT2D eigenvalue weighted by molar-refractivity contribution is -0.128. The van der Waals surface area contributed by atoms with E-state index in [0.717, 1.165) is 30.5 Å². The molecule has 0 bridgehead atoms. The molecule has 0 aromatic heterocycles. The van der Waals surface area contributed by atoms with Crippen LogP contribution in [0.4, 0.5) is 13.2 Å². The van der Waals surface area contributed by atoms with E-state index in [1.165, 1.54) is 0 Å². The van der Waals surface area contributed by atoms with E-state index in [1.807, 2.05) is 0 Å². The number of rotatable bonds is 2. The monoisotopic (exact) mass is 316 g/mol. The summed E-state index contributed by atoms with van der Waals surface area (Å²) >= 11 is 2.51. The molecule has 16 heavy (non-hydrogen) atoms. The molecule has 0 aliphatic rings. The second-order valence-corrected chi connectivity index (χ2v) is 6.18. The van der Waals surface area contributed by atoms with Gasteiger partial charge in [-0.05, 0) is 17.7 Å². The first-order valence-corrected chi connectivity index (χ1v) is 6.94. The summed E-state index contributed by atoms with van der Waals surface area (Å²) < 4.78 is 59.1. The van der Waals surface area contributed by atoms with E-state index in [2.05, 4.69) is 15.9 Å². The van der Waals surface area contributed by atoms with Gasteiger partial charge < -0.3 is 0 Å². The fourth-order valence-electron chi connectivity index (χ4n) is 1.07. The van der Waals surface area contributed by atoms with Gasteiger partial charge in [0, 0.05) is 6.26 Å². The van der Waals surface area contributed by atoms with E-state index >= 15 is 0 Å². The Balaban J connectivity index is 3.05. The van der Waals surface area contributed by atoms with Crippen molar-refractivity contribution < 1.29 is 21.6 Å².